The number of carboxylic acid groups (broad SMARTS) is 1. The molecule has 0 atom stereocenters. The van der Waals surface area contributed by atoms with Gasteiger partial charge in [0.05, 0.1) is 24.1 Å². The van der Waals surface area contributed by atoms with Gasteiger partial charge in [0.25, 0.3) is 0 Å². The molecule has 0 radical (unpaired) electrons. The molecule has 0 aliphatic rings. The number of carbonyl (C=O) groups is 1. The second kappa shape index (κ2) is 9.06. The Balaban J connectivity index is 1.49. The zero-order valence-electron chi connectivity index (χ0n) is 16.4. The molecule has 0 spiro atoms. The quantitative estimate of drug-likeness (QED) is 0.395. The SMILES string of the molecule is COCCCCOc1ccc(-c2nn3c(-c4ccc(C(=O)O)cc4)cnc3s2)cc1. The molecule has 0 fully saturated rings. The summed E-state index contributed by atoms with van der Waals surface area (Å²) in [5, 5.41) is 14.6. The molecule has 7 nitrogen and oxygen atoms in total. The number of carboxylic acids is 1. The summed E-state index contributed by atoms with van der Waals surface area (Å²) in [6.45, 7) is 1.41. The van der Waals surface area contributed by atoms with Crippen LogP contribution in [0.25, 0.3) is 26.8 Å². The lowest BCUT2D eigenvalue weighted by Gasteiger charge is -2.06. The van der Waals surface area contributed by atoms with Crippen molar-refractivity contribution in [3.05, 3.63) is 60.3 Å². The van der Waals surface area contributed by atoms with Crippen LogP contribution >= 0.6 is 11.3 Å². The van der Waals surface area contributed by atoms with E-state index in [1.165, 1.54) is 11.3 Å². The van der Waals surface area contributed by atoms with Crippen molar-refractivity contribution in [3.8, 4) is 27.6 Å². The average Bonchev–Trinajstić information content (AvgIpc) is 3.35. The molecular weight excluding hydrogens is 402 g/mol. The standard InChI is InChI=1S/C22H21N3O4S/c1-28-12-2-3-13-29-18-10-8-16(9-11-18)20-24-25-19(14-23-22(25)30-20)15-4-6-17(7-5-15)21(26)27/h4-11,14H,2-3,12-13H2,1H3,(H,26,27). The topological polar surface area (TPSA) is 86.0 Å². The van der Waals surface area contributed by atoms with Crippen LogP contribution in [0, 0.1) is 0 Å². The normalized spacial score (nSPS) is 11.1. The number of ether oxygens (including phenoxy) is 2. The van der Waals surface area contributed by atoms with E-state index in [0.717, 1.165) is 52.0 Å². The second-order valence-electron chi connectivity index (χ2n) is 6.70. The summed E-state index contributed by atoms with van der Waals surface area (Å²) in [4.78, 5) is 16.3. The van der Waals surface area contributed by atoms with Crippen molar-refractivity contribution in [1.29, 1.82) is 0 Å². The first kappa shape index (κ1) is 20.1. The molecule has 30 heavy (non-hydrogen) atoms. The summed E-state index contributed by atoms with van der Waals surface area (Å²) in [5.41, 5.74) is 2.92. The molecule has 4 aromatic rings. The van der Waals surface area contributed by atoms with Gasteiger partial charge in [-0.2, -0.15) is 5.10 Å². The van der Waals surface area contributed by atoms with Crippen LogP contribution in [0.4, 0.5) is 0 Å². The molecule has 4 rings (SSSR count). The number of fused-ring (bicyclic) bond motifs is 1. The van der Waals surface area contributed by atoms with E-state index in [0.29, 0.717) is 6.61 Å². The maximum Gasteiger partial charge on any atom is 0.335 e. The van der Waals surface area contributed by atoms with E-state index in [4.69, 9.17) is 19.7 Å². The van der Waals surface area contributed by atoms with Crippen LogP contribution in [0.1, 0.15) is 23.2 Å². The molecule has 154 valence electrons. The molecule has 0 bridgehead atoms. The summed E-state index contributed by atoms with van der Waals surface area (Å²) in [7, 11) is 1.70. The Bertz CT molecular complexity index is 1130. The van der Waals surface area contributed by atoms with Crippen LogP contribution in [-0.2, 0) is 4.74 Å². The minimum Gasteiger partial charge on any atom is -0.494 e. The molecule has 0 saturated heterocycles. The van der Waals surface area contributed by atoms with E-state index in [1.807, 2.05) is 24.3 Å². The Morgan fingerprint density at radius 3 is 2.43 bits per heavy atom. The van der Waals surface area contributed by atoms with Gasteiger partial charge in [-0.25, -0.2) is 14.3 Å². The van der Waals surface area contributed by atoms with E-state index in [1.54, 1.807) is 42.1 Å². The third-order valence-electron chi connectivity index (χ3n) is 4.63. The van der Waals surface area contributed by atoms with Crippen molar-refractivity contribution in [2.75, 3.05) is 20.3 Å². The van der Waals surface area contributed by atoms with Crippen molar-refractivity contribution in [2.45, 2.75) is 12.8 Å². The van der Waals surface area contributed by atoms with Gasteiger partial charge in [-0.3, -0.25) is 0 Å². The van der Waals surface area contributed by atoms with Crippen LogP contribution < -0.4 is 4.74 Å². The number of rotatable bonds is 9. The first-order chi connectivity index (χ1) is 14.7. The summed E-state index contributed by atoms with van der Waals surface area (Å²) in [5.74, 6) is -0.116. The Labute approximate surface area is 177 Å². The third-order valence-corrected chi connectivity index (χ3v) is 5.60. The van der Waals surface area contributed by atoms with Crippen LogP contribution in [0.15, 0.2) is 54.7 Å². The number of unbranched alkanes of at least 4 members (excludes halogenated alkanes) is 1. The summed E-state index contributed by atoms with van der Waals surface area (Å²) in [6, 6.07) is 14.6. The lowest BCUT2D eigenvalue weighted by Crippen LogP contribution is -1.99. The molecule has 1 N–H and O–H groups in total. The Kier molecular flexibility index (Phi) is 6.06. The molecular formula is C22H21N3O4S. The molecule has 0 amide bonds. The van der Waals surface area contributed by atoms with Gasteiger partial charge in [-0.15, -0.1) is 0 Å². The molecule has 8 heteroatoms. The van der Waals surface area contributed by atoms with Crippen molar-refractivity contribution >= 4 is 22.3 Å². The molecule has 0 unspecified atom stereocenters. The van der Waals surface area contributed by atoms with Crippen LogP contribution in [0.3, 0.4) is 0 Å². The van der Waals surface area contributed by atoms with E-state index >= 15 is 0 Å². The highest BCUT2D eigenvalue weighted by Gasteiger charge is 2.13. The molecule has 0 saturated carbocycles. The Hall–Kier alpha value is -3.23. The van der Waals surface area contributed by atoms with Crippen molar-refractivity contribution in [3.63, 3.8) is 0 Å². The zero-order chi connectivity index (χ0) is 20.9. The monoisotopic (exact) mass is 423 g/mol. The largest absolute Gasteiger partial charge is 0.494 e. The summed E-state index contributed by atoms with van der Waals surface area (Å²) >= 11 is 1.50. The lowest BCUT2D eigenvalue weighted by molar-refractivity contribution is 0.0697. The van der Waals surface area contributed by atoms with Crippen LogP contribution in [0.2, 0.25) is 0 Å². The molecule has 0 aliphatic heterocycles. The fraction of sp³-hybridized carbons (Fsp3) is 0.227. The van der Waals surface area contributed by atoms with Gasteiger partial charge in [0.2, 0.25) is 4.96 Å². The average molecular weight is 423 g/mol. The Morgan fingerprint density at radius 2 is 1.73 bits per heavy atom. The Morgan fingerprint density at radius 1 is 1.03 bits per heavy atom. The van der Waals surface area contributed by atoms with E-state index in [9.17, 15) is 4.79 Å². The number of hydrogen-bond acceptors (Lipinski definition) is 6. The van der Waals surface area contributed by atoms with Crippen LogP contribution in [0.5, 0.6) is 5.75 Å². The fourth-order valence-corrected chi connectivity index (χ4v) is 3.90. The number of methoxy groups -OCH3 is 1. The highest BCUT2D eigenvalue weighted by molar-refractivity contribution is 7.19. The van der Waals surface area contributed by atoms with Crippen molar-refractivity contribution < 1.29 is 19.4 Å². The van der Waals surface area contributed by atoms with Gasteiger partial charge in [0.15, 0.2) is 0 Å². The van der Waals surface area contributed by atoms with Gasteiger partial charge in [-0.1, -0.05) is 23.5 Å². The van der Waals surface area contributed by atoms with Gasteiger partial charge < -0.3 is 14.6 Å². The van der Waals surface area contributed by atoms with E-state index in [-0.39, 0.29) is 5.56 Å². The second-order valence-corrected chi connectivity index (χ2v) is 7.66. The van der Waals surface area contributed by atoms with Crippen LogP contribution in [-0.4, -0.2) is 46.0 Å². The number of imidazole rings is 1. The predicted octanol–water partition coefficient (Wildman–Crippen LogP) is 4.63. The molecule has 2 heterocycles. The zero-order valence-corrected chi connectivity index (χ0v) is 17.3. The minimum atomic E-state index is -0.946. The minimum absolute atomic E-state index is 0.250. The van der Waals surface area contributed by atoms with Crippen molar-refractivity contribution in [1.82, 2.24) is 14.6 Å². The number of aromatic carboxylic acids is 1. The van der Waals surface area contributed by atoms with E-state index < -0.39 is 5.97 Å². The molecule has 2 aromatic carbocycles. The lowest BCUT2D eigenvalue weighted by atomic mass is 10.1. The van der Waals surface area contributed by atoms with Crippen molar-refractivity contribution in [2.24, 2.45) is 0 Å². The number of benzene rings is 2. The first-order valence-electron chi connectivity index (χ1n) is 9.56. The van der Waals surface area contributed by atoms with Gasteiger partial charge in [0.1, 0.15) is 10.8 Å². The van der Waals surface area contributed by atoms with Gasteiger partial charge in [0, 0.05) is 24.8 Å². The molecule has 0 aliphatic carbocycles. The van der Waals surface area contributed by atoms with E-state index in [2.05, 4.69) is 4.98 Å². The summed E-state index contributed by atoms with van der Waals surface area (Å²) < 4.78 is 12.6. The summed E-state index contributed by atoms with van der Waals surface area (Å²) in [6.07, 6.45) is 3.68. The number of hydrogen-bond donors (Lipinski definition) is 1. The fourth-order valence-electron chi connectivity index (χ4n) is 3.02. The number of aromatic nitrogens is 3. The highest BCUT2D eigenvalue weighted by atomic mass is 32.1. The molecule has 2 aromatic heterocycles. The maximum absolute atomic E-state index is 11.1. The first-order valence-corrected chi connectivity index (χ1v) is 10.4. The van der Waals surface area contributed by atoms with Gasteiger partial charge in [-0.05, 0) is 49.2 Å². The van der Waals surface area contributed by atoms with Gasteiger partial charge >= 0.3 is 5.97 Å². The maximum atomic E-state index is 11.1. The highest BCUT2D eigenvalue weighted by Crippen LogP contribution is 2.30. The predicted molar refractivity (Wildman–Crippen MR) is 115 cm³/mol. The third kappa shape index (κ3) is 4.34. The smallest absolute Gasteiger partial charge is 0.335 e. The number of nitrogens with zero attached hydrogens (tertiary/aromatic N) is 3.